The van der Waals surface area contributed by atoms with Crippen LogP contribution in [0.25, 0.3) is 0 Å². The summed E-state index contributed by atoms with van der Waals surface area (Å²) in [6.45, 7) is 2.43. The topological polar surface area (TPSA) is 45.0 Å². The summed E-state index contributed by atoms with van der Waals surface area (Å²) in [7, 11) is 0. The van der Waals surface area contributed by atoms with Gasteiger partial charge in [-0.3, -0.25) is 9.69 Å². The normalized spacial score (nSPS) is 20.4. The fraction of sp³-hybridized carbons (Fsp3) is 0.188. The lowest BCUT2D eigenvalue weighted by molar-refractivity contribution is -0.126. The molecule has 2 heterocycles. The lowest BCUT2D eigenvalue weighted by Gasteiger charge is -2.15. The number of hydrogen-bond acceptors (Lipinski definition) is 5. The van der Waals surface area contributed by atoms with Crippen molar-refractivity contribution in [1.29, 1.82) is 0 Å². The van der Waals surface area contributed by atoms with Crippen molar-refractivity contribution in [2.45, 2.75) is 18.7 Å². The predicted molar refractivity (Wildman–Crippen MR) is 93.4 cm³/mol. The van der Waals surface area contributed by atoms with Crippen molar-refractivity contribution in [3.63, 3.8) is 0 Å². The van der Waals surface area contributed by atoms with Crippen LogP contribution in [0.4, 0.5) is 0 Å². The second-order valence-electron chi connectivity index (χ2n) is 4.81. The number of thiophene rings is 1. The van der Waals surface area contributed by atoms with E-state index in [2.05, 4.69) is 10.2 Å². The van der Waals surface area contributed by atoms with Gasteiger partial charge in [-0.05, 0) is 23.9 Å². The minimum Gasteiger partial charge on any atom is -0.284 e. The molecule has 1 aliphatic heterocycles. The van der Waals surface area contributed by atoms with Crippen LogP contribution in [0.1, 0.15) is 17.4 Å². The number of carbonyl (C=O) groups excluding carboxylic acids is 1. The molecule has 1 amide bonds. The molecule has 2 aromatic rings. The molecule has 0 radical (unpaired) electrons. The second kappa shape index (κ2) is 6.89. The highest BCUT2D eigenvalue weighted by molar-refractivity contribution is 8.15. The van der Waals surface area contributed by atoms with Gasteiger partial charge in [-0.2, -0.15) is 5.10 Å². The van der Waals surface area contributed by atoms with Crippen LogP contribution in [0.15, 0.2) is 58.0 Å². The van der Waals surface area contributed by atoms with Crippen LogP contribution in [-0.4, -0.2) is 27.4 Å². The Balaban J connectivity index is 1.77. The number of amides is 1. The predicted octanol–water partition coefficient (Wildman–Crippen LogP) is 3.60. The molecule has 22 heavy (non-hydrogen) atoms. The third-order valence-corrected chi connectivity index (χ3v) is 5.06. The van der Waals surface area contributed by atoms with E-state index in [-0.39, 0.29) is 11.2 Å². The van der Waals surface area contributed by atoms with Gasteiger partial charge in [0, 0.05) is 4.88 Å². The molecule has 3 rings (SSSR count). The first-order valence-corrected chi connectivity index (χ1v) is 8.66. The van der Waals surface area contributed by atoms with Crippen LogP contribution in [0, 0.1) is 0 Å². The molecule has 0 N–H and O–H groups in total. The van der Waals surface area contributed by atoms with Crippen molar-refractivity contribution >= 4 is 40.4 Å². The highest BCUT2D eigenvalue weighted by Crippen LogP contribution is 2.28. The average Bonchev–Trinajstić information content (AvgIpc) is 3.13. The molecule has 1 unspecified atom stereocenters. The third kappa shape index (κ3) is 3.45. The van der Waals surface area contributed by atoms with Gasteiger partial charge in [0.25, 0.3) is 0 Å². The molecule has 0 saturated carbocycles. The zero-order chi connectivity index (χ0) is 15.4. The van der Waals surface area contributed by atoms with Crippen LogP contribution < -0.4 is 0 Å². The number of hydrogen-bond donors (Lipinski definition) is 0. The van der Waals surface area contributed by atoms with Crippen molar-refractivity contribution in [2.75, 3.05) is 0 Å². The molecule has 1 saturated heterocycles. The molecular weight excluding hydrogens is 314 g/mol. The maximum Gasteiger partial charge on any atom is 0.242 e. The Bertz CT molecular complexity index is 695. The first kappa shape index (κ1) is 15.0. The number of thioether (sulfide) groups is 1. The molecule has 6 heteroatoms. The van der Waals surface area contributed by atoms with E-state index >= 15 is 0 Å². The molecule has 1 aromatic carbocycles. The zero-order valence-corrected chi connectivity index (χ0v) is 13.7. The molecular formula is C16H15N3OS2. The molecule has 1 aromatic heterocycles. The van der Waals surface area contributed by atoms with Crippen molar-refractivity contribution in [3.8, 4) is 0 Å². The average molecular weight is 329 g/mol. The fourth-order valence-corrected chi connectivity index (χ4v) is 3.57. The van der Waals surface area contributed by atoms with Crippen LogP contribution in [0.5, 0.6) is 0 Å². The highest BCUT2D eigenvalue weighted by atomic mass is 32.2. The monoisotopic (exact) mass is 329 g/mol. The summed E-state index contributed by atoms with van der Waals surface area (Å²) in [5.41, 5.74) is 1.08. The Labute approximate surface area is 137 Å². The quantitative estimate of drug-likeness (QED) is 0.635. The largest absolute Gasteiger partial charge is 0.284 e. The number of amidine groups is 1. The van der Waals surface area contributed by atoms with Gasteiger partial charge in [-0.1, -0.05) is 48.2 Å². The summed E-state index contributed by atoms with van der Waals surface area (Å²) < 4.78 is 0. The van der Waals surface area contributed by atoms with Gasteiger partial charge in [-0.25, -0.2) is 0 Å². The molecule has 0 bridgehead atoms. The van der Waals surface area contributed by atoms with E-state index in [0.29, 0.717) is 11.7 Å². The Kier molecular flexibility index (Phi) is 4.70. The third-order valence-electron chi connectivity index (χ3n) is 3.18. The number of carbonyl (C=O) groups is 1. The summed E-state index contributed by atoms with van der Waals surface area (Å²) >= 11 is 3.06. The molecule has 112 valence electrons. The van der Waals surface area contributed by atoms with Gasteiger partial charge in [0.05, 0.1) is 18.0 Å². The minimum absolute atomic E-state index is 0.0823. The zero-order valence-electron chi connectivity index (χ0n) is 12.0. The van der Waals surface area contributed by atoms with E-state index in [0.717, 1.165) is 10.4 Å². The minimum atomic E-state index is -0.112. The van der Waals surface area contributed by atoms with E-state index in [9.17, 15) is 4.79 Å². The van der Waals surface area contributed by atoms with Crippen molar-refractivity contribution in [1.82, 2.24) is 4.90 Å². The van der Waals surface area contributed by atoms with Crippen LogP contribution in [-0.2, 0) is 11.3 Å². The molecule has 1 aliphatic rings. The van der Waals surface area contributed by atoms with Gasteiger partial charge < -0.3 is 0 Å². The van der Waals surface area contributed by atoms with Gasteiger partial charge in [0.1, 0.15) is 0 Å². The molecule has 1 fully saturated rings. The van der Waals surface area contributed by atoms with E-state index in [4.69, 9.17) is 0 Å². The van der Waals surface area contributed by atoms with E-state index in [1.807, 2.05) is 54.8 Å². The lowest BCUT2D eigenvalue weighted by Crippen LogP contribution is -2.30. The maximum absolute atomic E-state index is 12.3. The number of benzene rings is 1. The number of rotatable bonds is 4. The van der Waals surface area contributed by atoms with Gasteiger partial charge in [0.15, 0.2) is 5.17 Å². The molecule has 0 spiro atoms. The Morgan fingerprint density at radius 2 is 2.05 bits per heavy atom. The Morgan fingerprint density at radius 1 is 1.23 bits per heavy atom. The fourth-order valence-electron chi connectivity index (χ4n) is 2.07. The molecule has 4 nitrogen and oxygen atoms in total. The van der Waals surface area contributed by atoms with Gasteiger partial charge in [-0.15, -0.1) is 16.4 Å². The van der Waals surface area contributed by atoms with Crippen molar-refractivity contribution in [2.24, 2.45) is 10.2 Å². The van der Waals surface area contributed by atoms with Crippen LogP contribution >= 0.6 is 23.1 Å². The first-order chi connectivity index (χ1) is 10.7. The maximum atomic E-state index is 12.3. The van der Waals surface area contributed by atoms with Gasteiger partial charge in [0.2, 0.25) is 5.91 Å². The second-order valence-corrected chi connectivity index (χ2v) is 7.10. The molecule has 0 aliphatic carbocycles. The Morgan fingerprint density at radius 3 is 2.77 bits per heavy atom. The lowest BCUT2D eigenvalue weighted by atomic mass is 10.2. The number of nitrogens with zero attached hydrogens (tertiary/aromatic N) is 3. The van der Waals surface area contributed by atoms with Crippen LogP contribution in [0.3, 0.4) is 0 Å². The highest BCUT2D eigenvalue weighted by Gasteiger charge is 2.35. The van der Waals surface area contributed by atoms with Crippen LogP contribution in [0.2, 0.25) is 0 Å². The van der Waals surface area contributed by atoms with Crippen molar-refractivity contribution < 1.29 is 4.79 Å². The van der Waals surface area contributed by atoms with E-state index in [1.54, 1.807) is 22.5 Å². The summed E-state index contributed by atoms with van der Waals surface area (Å²) in [4.78, 5) is 15.0. The Hall–Kier alpha value is -1.92. The SMILES string of the molecule is CC1S/C(=N\N=C\c2cccs2)N(Cc2ccccc2)C1=O. The van der Waals surface area contributed by atoms with E-state index in [1.165, 1.54) is 11.8 Å². The summed E-state index contributed by atoms with van der Waals surface area (Å²) in [5, 5.41) is 10.9. The smallest absolute Gasteiger partial charge is 0.242 e. The molecule has 1 atom stereocenters. The first-order valence-electron chi connectivity index (χ1n) is 6.90. The summed E-state index contributed by atoms with van der Waals surface area (Å²) in [5.74, 6) is 0.0823. The van der Waals surface area contributed by atoms with Crippen molar-refractivity contribution in [3.05, 3.63) is 58.3 Å². The summed E-state index contributed by atoms with van der Waals surface area (Å²) in [6.07, 6.45) is 1.71. The standard InChI is InChI=1S/C16H15N3OS2/c1-12-15(20)19(11-13-6-3-2-4-7-13)16(22-12)18-17-10-14-8-5-9-21-14/h2-10,12H,11H2,1H3/b17-10+,18-16-. The van der Waals surface area contributed by atoms with E-state index < -0.39 is 0 Å². The summed E-state index contributed by atoms with van der Waals surface area (Å²) in [6, 6.07) is 13.9. The van der Waals surface area contributed by atoms with Gasteiger partial charge >= 0.3 is 0 Å².